The molecule has 0 heterocycles. The van der Waals surface area contributed by atoms with E-state index in [9.17, 15) is 9.59 Å². The number of unbranched alkanes of at least 4 members (excludes halogenated alkanes) is 1. The highest BCUT2D eigenvalue weighted by Gasteiger charge is 2.20. The minimum atomic E-state index is -0.174. The molecule has 0 bridgehead atoms. The molecule has 110 valence electrons. The normalized spacial score (nSPS) is 12.2. The van der Waals surface area contributed by atoms with E-state index in [1.807, 2.05) is 13.8 Å². The smallest absolute Gasteiger partial charge is 0.224 e. The van der Waals surface area contributed by atoms with Crippen LogP contribution in [0.2, 0.25) is 0 Å². The number of anilines is 1. The lowest BCUT2D eigenvalue weighted by Gasteiger charge is -2.12. The maximum atomic E-state index is 12.1. The lowest BCUT2D eigenvalue weighted by molar-refractivity contribution is -0.116. The minimum absolute atomic E-state index is 0.0199. The third-order valence-corrected chi connectivity index (χ3v) is 4.52. The van der Waals surface area contributed by atoms with E-state index in [1.54, 1.807) is 24.3 Å². The van der Waals surface area contributed by atoms with Crippen LogP contribution >= 0.6 is 15.9 Å². The van der Waals surface area contributed by atoms with Crippen molar-refractivity contribution in [3.8, 4) is 0 Å². The Hall–Kier alpha value is -1.16. The van der Waals surface area contributed by atoms with E-state index in [-0.39, 0.29) is 22.4 Å². The maximum absolute atomic E-state index is 12.1. The zero-order valence-corrected chi connectivity index (χ0v) is 13.9. The summed E-state index contributed by atoms with van der Waals surface area (Å²) in [5.74, 6) is 0.339. The first-order chi connectivity index (χ1) is 9.45. The van der Waals surface area contributed by atoms with E-state index in [0.717, 1.165) is 18.5 Å². The quantitative estimate of drug-likeness (QED) is 0.590. The summed E-state index contributed by atoms with van der Waals surface area (Å²) in [7, 11) is 0. The molecule has 0 aliphatic carbocycles. The Balaban J connectivity index is 2.65. The Morgan fingerprint density at radius 3 is 2.30 bits per heavy atom. The van der Waals surface area contributed by atoms with Crippen LogP contribution in [0.3, 0.4) is 0 Å². The summed E-state index contributed by atoms with van der Waals surface area (Å²) >= 11 is 3.41. The number of Topliss-reactive ketones (excluding diaryl/α,β-unsaturated/α-hetero) is 1. The van der Waals surface area contributed by atoms with Crippen LogP contribution in [0.25, 0.3) is 0 Å². The number of carbonyl (C=O) groups excluding carboxylic acids is 2. The summed E-state index contributed by atoms with van der Waals surface area (Å²) in [5.41, 5.74) is 1.39. The van der Waals surface area contributed by atoms with Crippen molar-refractivity contribution in [2.24, 2.45) is 5.92 Å². The van der Waals surface area contributed by atoms with Crippen LogP contribution in [0.5, 0.6) is 0 Å². The Morgan fingerprint density at radius 2 is 1.80 bits per heavy atom. The molecule has 0 fully saturated rings. The van der Waals surface area contributed by atoms with Gasteiger partial charge < -0.3 is 5.32 Å². The summed E-state index contributed by atoms with van der Waals surface area (Å²) in [4.78, 5) is 23.6. The van der Waals surface area contributed by atoms with Crippen LogP contribution in [-0.4, -0.2) is 16.5 Å². The van der Waals surface area contributed by atoms with E-state index >= 15 is 0 Å². The molecule has 1 aromatic rings. The Morgan fingerprint density at radius 1 is 1.20 bits per heavy atom. The molecule has 20 heavy (non-hydrogen) atoms. The van der Waals surface area contributed by atoms with Gasteiger partial charge in [0.1, 0.15) is 0 Å². The highest BCUT2D eigenvalue weighted by Crippen LogP contribution is 2.19. The van der Waals surface area contributed by atoms with Gasteiger partial charge in [0.25, 0.3) is 0 Å². The second-order valence-corrected chi connectivity index (χ2v) is 6.23. The molecular weight excluding hydrogens is 318 g/mol. The van der Waals surface area contributed by atoms with E-state index in [4.69, 9.17) is 0 Å². The van der Waals surface area contributed by atoms with Crippen LogP contribution in [0, 0.1) is 5.92 Å². The van der Waals surface area contributed by atoms with Crippen molar-refractivity contribution in [2.45, 2.75) is 44.9 Å². The summed E-state index contributed by atoms with van der Waals surface area (Å²) < 4.78 is 0. The zero-order chi connectivity index (χ0) is 15.1. The summed E-state index contributed by atoms with van der Waals surface area (Å²) in [6, 6.07) is 7.07. The molecule has 3 nitrogen and oxygen atoms in total. The highest BCUT2D eigenvalue weighted by atomic mass is 79.9. The molecule has 1 amide bonds. The highest BCUT2D eigenvalue weighted by molar-refractivity contribution is 9.10. The summed E-state index contributed by atoms with van der Waals surface area (Å²) in [6.07, 6.45) is 2.43. The van der Waals surface area contributed by atoms with Crippen molar-refractivity contribution >= 4 is 33.3 Å². The predicted octanol–water partition coefficient (Wildman–Crippen LogP) is 4.42. The molecule has 0 saturated heterocycles. The largest absolute Gasteiger partial charge is 0.326 e. The van der Waals surface area contributed by atoms with Crippen molar-refractivity contribution < 1.29 is 9.59 Å². The first kappa shape index (κ1) is 16.9. The lowest BCUT2D eigenvalue weighted by Crippen LogP contribution is -2.20. The van der Waals surface area contributed by atoms with Gasteiger partial charge in [-0.2, -0.15) is 0 Å². The van der Waals surface area contributed by atoms with Gasteiger partial charge in [-0.25, -0.2) is 0 Å². The van der Waals surface area contributed by atoms with E-state index < -0.39 is 0 Å². The third-order valence-electron chi connectivity index (χ3n) is 3.05. The fraction of sp³-hybridized carbons (Fsp3) is 0.500. The molecule has 4 heteroatoms. The molecule has 0 aliphatic heterocycles. The SMILES string of the molecule is CCCCC(=O)Nc1ccc(C(=O)C(Br)C(C)C)cc1. The number of amides is 1. The van der Waals surface area contributed by atoms with E-state index in [1.165, 1.54) is 0 Å². The molecule has 0 saturated carbocycles. The molecule has 1 N–H and O–H groups in total. The minimum Gasteiger partial charge on any atom is -0.326 e. The van der Waals surface area contributed by atoms with Crippen molar-refractivity contribution in [1.29, 1.82) is 0 Å². The van der Waals surface area contributed by atoms with Gasteiger partial charge in [0.15, 0.2) is 5.78 Å². The average Bonchev–Trinajstić information content (AvgIpc) is 2.44. The molecule has 1 unspecified atom stereocenters. The number of hydrogen-bond acceptors (Lipinski definition) is 2. The third kappa shape index (κ3) is 5.08. The van der Waals surface area contributed by atoms with Gasteiger partial charge in [-0.15, -0.1) is 0 Å². The van der Waals surface area contributed by atoms with Gasteiger partial charge in [0.05, 0.1) is 4.83 Å². The first-order valence-electron chi connectivity index (χ1n) is 7.04. The number of hydrogen-bond donors (Lipinski definition) is 1. The van der Waals surface area contributed by atoms with Crippen LogP contribution in [0.15, 0.2) is 24.3 Å². The molecule has 0 radical (unpaired) electrons. The van der Waals surface area contributed by atoms with Gasteiger partial charge in [0, 0.05) is 17.7 Å². The number of nitrogens with one attached hydrogen (secondary N) is 1. The number of halogens is 1. The topological polar surface area (TPSA) is 46.2 Å². The summed E-state index contributed by atoms with van der Waals surface area (Å²) in [6.45, 7) is 6.05. The van der Waals surface area contributed by atoms with Gasteiger partial charge in [-0.05, 0) is 36.6 Å². The number of ketones is 1. The second kappa shape index (κ2) is 8.20. The molecule has 0 spiro atoms. The molecule has 0 aliphatic rings. The molecule has 1 aromatic carbocycles. The second-order valence-electron chi connectivity index (χ2n) is 5.24. The predicted molar refractivity (Wildman–Crippen MR) is 86.5 cm³/mol. The Bertz CT molecular complexity index is 454. The first-order valence-corrected chi connectivity index (χ1v) is 7.95. The van der Waals surface area contributed by atoms with Crippen LogP contribution in [0.1, 0.15) is 50.4 Å². The average molecular weight is 340 g/mol. The lowest BCUT2D eigenvalue weighted by atomic mass is 10.0. The van der Waals surface area contributed by atoms with E-state index in [2.05, 4.69) is 28.2 Å². The van der Waals surface area contributed by atoms with E-state index in [0.29, 0.717) is 12.0 Å². The van der Waals surface area contributed by atoms with Gasteiger partial charge in [-0.3, -0.25) is 9.59 Å². The maximum Gasteiger partial charge on any atom is 0.224 e. The number of alkyl halides is 1. The number of carbonyl (C=O) groups is 2. The van der Waals surface area contributed by atoms with Gasteiger partial charge in [0.2, 0.25) is 5.91 Å². The number of rotatable bonds is 7. The van der Waals surface area contributed by atoms with Crippen LogP contribution in [-0.2, 0) is 4.79 Å². The van der Waals surface area contributed by atoms with Crippen molar-refractivity contribution in [3.05, 3.63) is 29.8 Å². The van der Waals surface area contributed by atoms with Crippen LogP contribution in [0.4, 0.5) is 5.69 Å². The van der Waals surface area contributed by atoms with Crippen molar-refractivity contribution in [1.82, 2.24) is 0 Å². The fourth-order valence-corrected chi connectivity index (χ4v) is 2.00. The van der Waals surface area contributed by atoms with Gasteiger partial charge in [-0.1, -0.05) is 43.1 Å². The number of benzene rings is 1. The fourth-order valence-electron chi connectivity index (χ4n) is 1.74. The molecule has 1 atom stereocenters. The standard InChI is InChI=1S/C16H22BrNO2/c1-4-5-6-14(19)18-13-9-7-12(8-10-13)16(20)15(17)11(2)3/h7-11,15H,4-6H2,1-3H3,(H,18,19). The molecule has 1 rings (SSSR count). The van der Waals surface area contributed by atoms with Crippen LogP contribution < -0.4 is 5.32 Å². The van der Waals surface area contributed by atoms with Gasteiger partial charge >= 0.3 is 0 Å². The van der Waals surface area contributed by atoms with Crippen molar-refractivity contribution in [2.75, 3.05) is 5.32 Å². The molecular formula is C16H22BrNO2. The van der Waals surface area contributed by atoms with Crippen molar-refractivity contribution in [3.63, 3.8) is 0 Å². The Kier molecular flexibility index (Phi) is 6.93. The Labute approximate surface area is 129 Å². The zero-order valence-electron chi connectivity index (χ0n) is 12.3. The monoisotopic (exact) mass is 339 g/mol. The summed E-state index contributed by atoms with van der Waals surface area (Å²) in [5, 5.41) is 2.83. The molecule has 0 aromatic heterocycles.